The van der Waals surface area contributed by atoms with Crippen LogP contribution in [0.4, 0.5) is 4.79 Å². The third-order valence-corrected chi connectivity index (χ3v) is 5.11. The van der Waals surface area contributed by atoms with Gasteiger partial charge in [0.25, 0.3) is 0 Å². The third kappa shape index (κ3) is 4.29. The van der Waals surface area contributed by atoms with E-state index in [1.54, 1.807) is 23.1 Å². The van der Waals surface area contributed by atoms with Crippen LogP contribution in [0.2, 0.25) is 10.0 Å². The fraction of sp³-hybridized carbons (Fsp3) is 0.579. The van der Waals surface area contributed by atoms with Crippen molar-refractivity contribution < 1.29 is 14.3 Å². The molecule has 0 bridgehead atoms. The predicted molar refractivity (Wildman–Crippen MR) is 101 cm³/mol. The van der Waals surface area contributed by atoms with E-state index >= 15 is 0 Å². The van der Waals surface area contributed by atoms with Crippen molar-refractivity contribution in [1.82, 2.24) is 4.90 Å². The van der Waals surface area contributed by atoms with Gasteiger partial charge in [0.1, 0.15) is 11.1 Å². The Hall–Kier alpha value is -1.26. The van der Waals surface area contributed by atoms with Crippen molar-refractivity contribution in [2.24, 2.45) is 0 Å². The van der Waals surface area contributed by atoms with Crippen LogP contribution in [0.5, 0.6) is 0 Å². The first-order valence-electron chi connectivity index (χ1n) is 8.61. The van der Waals surface area contributed by atoms with Crippen LogP contribution >= 0.6 is 23.2 Å². The van der Waals surface area contributed by atoms with Crippen molar-refractivity contribution >= 4 is 35.1 Å². The molecule has 138 valence electrons. The van der Waals surface area contributed by atoms with Crippen LogP contribution in [0, 0.1) is 0 Å². The molecule has 25 heavy (non-hydrogen) atoms. The van der Waals surface area contributed by atoms with E-state index in [4.69, 9.17) is 27.9 Å². The minimum atomic E-state index is -0.881. The van der Waals surface area contributed by atoms with Gasteiger partial charge >= 0.3 is 6.09 Å². The van der Waals surface area contributed by atoms with Crippen LogP contribution in [0.1, 0.15) is 63.7 Å². The van der Waals surface area contributed by atoms with Crippen molar-refractivity contribution in [3.05, 3.63) is 33.8 Å². The summed E-state index contributed by atoms with van der Waals surface area (Å²) in [6, 6.07) is 4.86. The molecule has 1 amide bonds. The summed E-state index contributed by atoms with van der Waals surface area (Å²) in [6.45, 7) is 7.99. The average molecular weight is 386 g/mol. The first-order valence-corrected chi connectivity index (χ1v) is 9.37. The Balaban J connectivity index is 2.40. The second-order valence-electron chi connectivity index (χ2n) is 7.48. The highest BCUT2D eigenvalue weighted by Gasteiger charge is 2.50. The molecule has 1 aromatic carbocycles. The lowest BCUT2D eigenvalue weighted by Crippen LogP contribution is -2.54. The third-order valence-electron chi connectivity index (χ3n) is 4.37. The lowest BCUT2D eigenvalue weighted by atomic mass is 9.83. The van der Waals surface area contributed by atoms with Crippen molar-refractivity contribution in [3.63, 3.8) is 0 Å². The minimum Gasteiger partial charge on any atom is -0.444 e. The molecule has 1 unspecified atom stereocenters. The average Bonchev–Trinajstić information content (AvgIpc) is 2.93. The summed E-state index contributed by atoms with van der Waals surface area (Å²) in [5.41, 5.74) is -1.02. The number of ketones is 1. The molecule has 1 saturated heterocycles. The van der Waals surface area contributed by atoms with Crippen molar-refractivity contribution in [2.75, 3.05) is 6.54 Å². The zero-order valence-corrected chi connectivity index (χ0v) is 16.7. The normalized spacial score (nSPS) is 20.6. The van der Waals surface area contributed by atoms with Crippen LogP contribution in [-0.4, -0.2) is 34.5 Å². The lowest BCUT2D eigenvalue weighted by molar-refractivity contribution is 0.00733. The number of halogens is 2. The van der Waals surface area contributed by atoms with Gasteiger partial charge in [0.05, 0.1) is 10.0 Å². The fourth-order valence-corrected chi connectivity index (χ4v) is 3.69. The number of carbonyl (C=O) groups excluding carboxylic acids is 2. The van der Waals surface area contributed by atoms with Gasteiger partial charge in [0, 0.05) is 12.1 Å². The van der Waals surface area contributed by atoms with E-state index in [-0.39, 0.29) is 5.78 Å². The Morgan fingerprint density at radius 2 is 1.92 bits per heavy atom. The molecule has 1 aliphatic heterocycles. The number of hydrogen-bond donors (Lipinski definition) is 0. The molecule has 1 aromatic rings. The van der Waals surface area contributed by atoms with Crippen molar-refractivity contribution in [1.29, 1.82) is 0 Å². The van der Waals surface area contributed by atoms with Crippen LogP contribution in [0.3, 0.4) is 0 Å². The second kappa shape index (κ2) is 7.55. The molecule has 2 rings (SSSR count). The number of benzene rings is 1. The largest absolute Gasteiger partial charge is 0.444 e. The molecule has 1 fully saturated rings. The summed E-state index contributed by atoms with van der Waals surface area (Å²) in [7, 11) is 0. The Kier molecular flexibility index (Phi) is 6.05. The van der Waals surface area contributed by atoms with Gasteiger partial charge in [-0.2, -0.15) is 0 Å². The van der Waals surface area contributed by atoms with E-state index in [0.29, 0.717) is 35.0 Å². The van der Waals surface area contributed by atoms with Crippen LogP contribution < -0.4 is 0 Å². The summed E-state index contributed by atoms with van der Waals surface area (Å²) in [4.78, 5) is 27.7. The number of Topliss-reactive ketones (excluding diaryl/α,β-unsaturated/α-hetero) is 1. The highest BCUT2D eigenvalue weighted by Crippen LogP contribution is 2.38. The van der Waals surface area contributed by atoms with Gasteiger partial charge in [-0.3, -0.25) is 9.69 Å². The molecule has 0 N–H and O–H groups in total. The van der Waals surface area contributed by atoms with Gasteiger partial charge in [0.15, 0.2) is 5.78 Å². The van der Waals surface area contributed by atoms with Gasteiger partial charge in [-0.15, -0.1) is 0 Å². The lowest BCUT2D eigenvalue weighted by Gasteiger charge is -2.38. The maximum absolute atomic E-state index is 13.4. The molecule has 4 nitrogen and oxygen atoms in total. The molecule has 1 aliphatic rings. The van der Waals surface area contributed by atoms with E-state index in [1.165, 1.54) is 0 Å². The molecule has 0 aliphatic carbocycles. The smallest absolute Gasteiger partial charge is 0.411 e. The molecule has 1 atom stereocenters. The quantitative estimate of drug-likeness (QED) is 0.620. The fourth-order valence-electron chi connectivity index (χ4n) is 3.39. The van der Waals surface area contributed by atoms with Gasteiger partial charge in [-0.05, 0) is 58.2 Å². The maximum atomic E-state index is 13.4. The molecular formula is C19H25Cl2NO3. The zero-order chi connectivity index (χ0) is 18.8. The second-order valence-corrected chi connectivity index (χ2v) is 8.29. The number of amides is 1. The number of nitrogens with zero attached hydrogens (tertiary/aromatic N) is 1. The van der Waals surface area contributed by atoms with Crippen molar-refractivity contribution in [3.8, 4) is 0 Å². The molecule has 0 saturated carbocycles. The maximum Gasteiger partial charge on any atom is 0.411 e. The number of rotatable bonds is 4. The first kappa shape index (κ1) is 20.1. The van der Waals surface area contributed by atoms with Crippen LogP contribution in [-0.2, 0) is 4.74 Å². The van der Waals surface area contributed by atoms with Crippen molar-refractivity contribution in [2.45, 2.75) is 64.5 Å². The van der Waals surface area contributed by atoms with Gasteiger partial charge in [-0.25, -0.2) is 4.79 Å². The highest BCUT2D eigenvalue weighted by atomic mass is 35.5. The summed E-state index contributed by atoms with van der Waals surface area (Å²) in [6.07, 6.45) is 2.33. The Morgan fingerprint density at radius 3 is 2.48 bits per heavy atom. The Morgan fingerprint density at radius 1 is 1.24 bits per heavy atom. The van der Waals surface area contributed by atoms with Gasteiger partial charge < -0.3 is 4.74 Å². The number of likely N-dealkylation sites (tertiary alicyclic amines) is 1. The standard InChI is InChI=1S/C19H25Cl2NO3/c1-5-9-19(16(23)13-7-8-14(20)15(21)12-13)10-6-11-22(19)17(24)25-18(2,3)4/h7-8,12H,5-6,9-11H2,1-4H3. The number of ether oxygens (including phenoxy) is 1. The molecule has 0 spiro atoms. The summed E-state index contributed by atoms with van der Waals surface area (Å²) in [5.74, 6) is -0.101. The Bertz CT molecular complexity index is 669. The van der Waals surface area contributed by atoms with E-state index in [2.05, 4.69) is 0 Å². The zero-order valence-electron chi connectivity index (χ0n) is 15.2. The van der Waals surface area contributed by atoms with E-state index in [1.807, 2.05) is 27.7 Å². The molecular weight excluding hydrogens is 361 g/mol. The highest BCUT2D eigenvalue weighted by molar-refractivity contribution is 6.42. The number of hydrogen-bond acceptors (Lipinski definition) is 3. The number of carbonyl (C=O) groups is 2. The summed E-state index contributed by atoms with van der Waals surface area (Å²) < 4.78 is 5.54. The molecule has 6 heteroatoms. The van der Waals surface area contributed by atoms with E-state index < -0.39 is 17.2 Å². The summed E-state index contributed by atoms with van der Waals surface area (Å²) >= 11 is 12.0. The van der Waals surface area contributed by atoms with E-state index in [9.17, 15) is 9.59 Å². The van der Waals surface area contributed by atoms with E-state index in [0.717, 1.165) is 12.8 Å². The molecule has 1 heterocycles. The first-order chi connectivity index (χ1) is 11.6. The molecule has 0 radical (unpaired) electrons. The van der Waals surface area contributed by atoms with Gasteiger partial charge in [-0.1, -0.05) is 36.5 Å². The Labute approximate surface area is 159 Å². The molecule has 0 aromatic heterocycles. The van der Waals surface area contributed by atoms with Crippen LogP contribution in [0.25, 0.3) is 0 Å². The topological polar surface area (TPSA) is 46.6 Å². The SMILES string of the molecule is CCCC1(C(=O)c2ccc(Cl)c(Cl)c2)CCCN1C(=O)OC(C)(C)C. The minimum absolute atomic E-state index is 0.101. The monoisotopic (exact) mass is 385 g/mol. The summed E-state index contributed by atoms with van der Waals surface area (Å²) in [5, 5.41) is 0.735. The predicted octanol–water partition coefficient (Wildman–Crippen LogP) is 5.75. The van der Waals surface area contributed by atoms with Crippen LogP contribution in [0.15, 0.2) is 18.2 Å². The van der Waals surface area contributed by atoms with Gasteiger partial charge in [0.2, 0.25) is 0 Å².